The average molecular weight is 873 g/mol. The summed E-state index contributed by atoms with van der Waals surface area (Å²) in [5.74, 6) is -5.84. The van der Waals surface area contributed by atoms with Crippen molar-refractivity contribution in [3.63, 3.8) is 0 Å². The Kier molecular flexibility index (Phi) is 20.0. The van der Waals surface area contributed by atoms with E-state index in [4.69, 9.17) is 30.5 Å². The van der Waals surface area contributed by atoms with Gasteiger partial charge in [0.15, 0.2) is 9.84 Å². The molecule has 332 valence electrons. The maximum Gasteiger partial charge on any atom is 0.408 e. The van der Waals surface area contributed by atoms with Gasteiger partial charge < -0.3 is 40.2 Å². The molecule has 0 fully saturated rings. The third-order valence-electron chi connectivity index (χ3n) is 7.37. The van der Waals surface area contributed by atoms with E-state index in [1.165, 1.54) is 0 Å². The predicted octanol–water partition coefficient (Wildman–Crippen LogP) is 4.10. The number of hydrogen-bond acceptors (Lipinski definition) is 13. The van der Waals surface area contributed by atoms with Gasteiger partial charge in [0.25, 0.3) is 0 Å². The van der Waals surface area contributed by atoms with Gasteiger partial charge >= 0.3 is 24.0 Å². The average Bonchev–Trinajstić information content (AvgIpc) is 3.04. The van der Waals surface area contributed by atoms with Crippen LogP contribution in [0.3, 0.4) is 0 Å². The van der Waals surface area contributed by atoms with Gasteiger partial charge in [0.1, 0.15) is 45.9 Å². The lowest BCUT2D eigenvalue weighted by atomic mass is 10.0. The number of hydrogen-bond donors (Lipinski definition) is 4. The third kappa shape index (κ3) is 22.9. The summed E-state index contributed by atoms with van der Waals surface area (Å²) < 4.78 is 44.9. The lowest BCUT2D eigenvalue weighted by Crippen LogP contribution is -2.58. The van der Waals surface area contributed by atoms with Crippen molar-refractivity contribution in [1.82, 2.24) is 21.3 Å². The smallest absolute Gasteiger partial charge is 0.408 e. The third-order valence-corrected chi connectivity index (χ3v) is 9.18. The van der Waals surface area contributed by atoms with Gasteiger partial charge in [-0.3, -0.25) is 28.8 Å². The summed E-state index contributed by atoms with van der Waals surface area (Å²) in [7, 11) is -3.94. The maximum atomic E-state index is 14.0. The van der Waals surface area contributed by atoms with E-state index in [9.17, 15) is 42.0 Å². The van der Waals surface area contributed by atoms with Crippen LogP contribution in [0, 0.1) is 5.92 Å². The second-order valence-electron chi connectivity index (χ2n) is 17.1. The van der Waals surface area contributed by atoms with Gasteiger partial charge in [-0.15, -0.1) is 0 Å². The molecule has 0 radical (unpaired) electrons. The number of sulfone groups is 1. The fourth-order valence-corrected chi connectivity index (χ4v) is 5.48. The van der Waals surface area contributed by atoms with Crippen LogP contribution in [0.15, 0.2) is 40.8 Å². The Morgan fingerprint density at radius 3 is 1.66 bits per heavy atom. The Hall–Kier alpha value is -4.71. The van der Waals surface area contributed by atoms with Crippen molar-refractivity contribution < 1.29 is 60.9 Å². The lowest BCUT2D eigenvalue weighted by molar-refractivity contribution is -0.157. The monoisotopic (exact) mass is 872 g/mol. The molecular weight excluding hydrogens is 812 g/mol. The highest BCUT2D eigenvalue weighted by molar-refractivity contribution is 7.96. The topological polar surface area (TPSA) is 239 Å². The Labute approximate surface area is 352 Å². The van der Waals surface area contributed by atoms with Crippen molar-refractivity contribution in [2.24, 2.45) is 5.92 Å². The molecule has 4 atom stereocenters. The van der Waals surface area contributed by atoms with Gasteiger partial charge in [0.05, 0.1) is 18.9 Å². The summed E-state index contributed by atoms with van der Waals surface area (Å²) in [6.07, 6.45) is -1.21. The highest BCUT2D eigenvalue weighted by atomic mass is 35.5. The van der Waals surface area contributed by atoms with E-state index in [0.29, 0.717) is 5.56 Å². The van der Waals surface area contributed by atoms with Gasteiger partial charge in [0.2, 0.25) is 17.7 Å². The van der Waals surface area contributed by atoms with E-state index >= 15 is 0 Å². The Balaban J connectivity index is 3.49. The van der Waals surface area contributed by atoms with Crippen LogP contribution in [0.25, 0.3) is 0 Å². The zero-order valence-electron chi connectivity index (χ0n) is 36.0. The molecule has 0 aromatic heterocycles. The van der Waals surface area contributed by atoms with Crippen LogP contribution in [0.2, 0.25) is 0 Å². The molecule has 17 nitrogen and oxygen atoms in total. The molecule has 0 saturated carbocycles. The Morgan fingerprint density at radius 1 is 0.678 bits per heavy atom. The first-order chi connectivity index (χ1) is 26.8. The van der Waals surface area contributed by atoms with Crippen molar-refractivity contribution in [3.8, 4) is 0 Å². The van der Waals surface area contributed by atoms with Crippen molar-refractivity contribution in [1.29, 1.82) is 0 Å². The summed E-state index contributed by atoms with van der Waals surface area (Å²) in [6, 6.07) is 2.81. The normalized spacial score (nSPS) is 14.4. The first-order valence-electron chi connectivity index (χ1n) is 19.0. The molecule has 0 aliphatic heterocycles. The quantitative estimate of drug-likeness (QED) is 0.113. The Bertz CT molecular complexity index is 1780. The van der Waals surface area contributed by atoms with Crippen molar-refractivity contribution >= 4 is 63.2 Å². The molecule has 0 bridgehead atoms. The van der Waals surface area contributed by atoms with Crippen LogP contribution in [-0.2, 0) is 64.2 Å². The zero-order chi connectivity index (χ0) is 45.5. The minimum Gasteiger partial charge on any atom is -0.460 e. The van der Waals surface area contributed by atoms with Crippen LogP contribution < -0.4 is 21.3 Å². The highest BCUT2D eigenvalue weighted by Gasteiger charge is 2.34. The number of carbonyl (C=O) groups is 7. The number of benzene rings is 1. The molecule has 0 aliphatic carbocycles. The van der Waals surface area contributed by atoms with E-state index in [-0.39, 0.29) is 19.4 Å². The number of carbonyl (C=O) groups excluding carboxylic acids is 7. The van der Waals surface area contributed by atoms with E-state index in [1.807, 2.05) is 0 Å². The highest BCUT2D eigenvalue weighted by Crippen LogP contribution is 2.17. The molecule has 0 saturated heterocycles. The van der Waals surface area contributed by atoms with E-state index in [2.05, 4.69) is 21.3 Å². The van der Waals surface area contributed by atoms with Crippen molar-refractivity contribution in [2.75, 3.05) is 6.26 Å². The largest absolute Gasteiger partial charge is 0.460 e. The summed E-state index contributed by atoms with van der Waals surface area (Å²) in [4.78, 5) is 92.8. The number of ether oxygens (including phenoxy) is 4. The van der Waals surface area contributed by atoms with Gasteiger partial charge in [0, 0.05) is 12.7 Å². The van der Waals surface area contributed by atoms with Crippen LogP contribution in [0.5, 0.6) is 0 Å². The van der Waals surface area contributed by atoms with Gasteiger partial charge in [-0.1, -0.05) is 55.8 Å². The number of halogens is 1. The van der Waals surface area contributed by atoms with Crippen LogP contribution in [-0.4, -0.2) is 97.4 Å². The predicted molar refractivity (Wildman–Crippen MR) is 219 cm³/mol. The molecule has 1 aromatic rings. The first-order valence-corrected chi connectivity index (χ1v) is 21.2. The Morgan fingerprint density at radius 2 is 1.17 bits per heavy atom. The first kappa shape index (κ1) is 52.3. The second-order valence-corrected chi connectivity index (χ2v) is 19.7. The SMILES string of the molecule is CC(C)[C@@H](NC(=O)[C@H](CCC(=O)OC(C)(C)C)NC(=O)[C@H](CC(=O)OC(C)(C)C)NC(=O)OCc1ccccc1)C(=O)N[C@H](/C=C(\Cl)S(C)(=O)=O)CC(=O)OC(C)(C)C. The van der Waals surface area contributed by atoms with Crippen LogP contribution in [0.4, 0.5) is 4.79 Å². The molecule has 4 amide bonds. The van der Waals surface area contributed by atoms with Gasteiger partial charge in [-0.2, -0.15) is 0 Å². The number of esters is 3. The molecule has 59 heavy (non-hydrogen) atoms. The summed E-state index contributed by atoms with van der Waals surface area (Å²) in [6.45, 7) is 17.6. The second kappa shape index (κ2) is 22.6. The fraction of sp³-hybridized carbons (Fsp3) is 0.625. The van der Waals surface area contributed by atoms with E-state index < -0.39 is 116 Å². The number of nitrogens with one attached hydrogen (secondary N) is 4. The molecular formula is C40H61ClN4O13S. The minimum atomic E-state index is -3.94. The lowest BCUT2D eigenvalue weighted by Gasteiger charge is -2.28. The molecule has 4 N–H and O–H groups in total. The summed E-state index contributed by atoms with van der Waals surface area (Å²) in [5.41, 5.74) is -2.10. The molecule has 1 aromatic carbocycles. The molecule has 0 heterocycles. The molecule has 0 spiro atoms. The fourth-order valence-electron chi connectivity index (χ4n) is 4.92. The molecule has 0 unspecified atom stereocenters. The number of rotatable bonds is 19. The van der Waals surface area contributed by atoms with Crippen LogP contribution >= 0.6 is 11.6 Å². The zero-order valence-corrected chi connectivity index (χ0v) is 37.6. The van der Waals surface area contributed by atoms with Crippen LogP contribution in [0.1, 0.15) is 107 Å². The summed E-state index contributed by atoms with van der Waals surface area (Å²) in [5, 5.41) is 9.90. The van der Waals surface area contributed by atoms with Crippen molar-refractivity contribution in [2.45, 2.75) is 149 Å². The van der Waals surface area contributed by atoms with E-state index in [0.717, 1.165) is 12.3 Å². The van der Waals surface area contributed by atoms with Gasteiger partial charge in [-0.25, -0.2) is 13.2 Å². The molecule has 1 rings (SSSR count). The van der Waals surface area contributed by atoms with Crippen molar-refractivity contribution in [3.05, 3.63) is 46.3 Å². The maximum absolute atomic E-state index is 14.0. The summed E-state index contributed by atoms with van der Waals surface area (Å²) >= 11 is 5.99. The van der Waals surface area contributed by atoms with Gasteiger partial charge in [-0.05, 0) is 86.3 Å². The number of alkyl carbamates (subject to hydrolysis) is 1. The molecule has 19 heteroatoms. The van der Waals surface area contributed by atoms with E-state index in [1.54, 1.807) is 106 Å². The minimum absolute atomic E-state index is 0.165. The standard InChI is InChI=1S/C40H61ClN4O13S/c1-24(2)33(36(51)42-26(20-29(41)59(12,53)54)21-31(47)57-39(6,7)8)45-34(49)27(18-19-30(46)56-38(3,4)5)43-35(50)28(22-32(48)58-40(9,10)11)44-37(52)55-23-25-16-14-13-15-17-25/h13-17,20,24,26-28,33H,18-19,21-23H2,1-12H3,(H,42,51)(H,43,50)(H,44,52)(H,45,49)/b29-20+/t26-,27+,28+,33-/m1/s1. The number of amides is 4. The molecule has 0 aliphatic rings.